The van der Waals surface area contributed by atoms with Crippen LogP contribution in [0.5, 0.6) is 0 Å². The second kappa shape index (κ2) is 7.43. The van der Waals surface area contributed by atoms with Gasteiger partial charge >= 0.3 is 6.55 Å². The van der Waals surface area contributed by atoms with Gasteiger partial charge in [0, 0.05) is 5.56 Å². The molecule has 3 aromatic rings. The van der Waals surface area contributed by atoms with Crippen LogP contribution in [-0.2, 0) is 4.79 Å². The van der Waals surface area contributed by atoms with Crippen molar-refractivity contribution in [2.24, 2.45) is 0 Å². The minimum atomic E-state index is -2.77. The molecule has 0 saturated carbocycles. The smallest absolute Gasteiger partial charge is 0.292 e. The zero-order valence-corrected chi connectivity index (χ0v) is 13.7. The summed E-state index contributed by atoms with van der Waals surface area (Å²) in [5.74, 6) is -1.31. The number of alkyl halides is 2. The topological polar surface area (TPSA) is 64.0 Å². The van der Waals surface area contributed by atoms with E-state index in [1.807, 2.05) is 0 Å². The van der Waals surface area contributed by atoms with Gasteiger partial charge in [-0.1, -0.05) is 42.1 Å². The molecule has 1 aromatic heterocycles. The fourth-order valence-electron chi connectivity index (χ4n) is 2.27. The average Bonchev–Trinajstić information content (AvgIpc) is 2.99. The zero-order chi connectivity index (χ0) is 17.8. The van der Waals surface area contributed by atoms with Gasteiger partial charge in [-0.05, 0) is 24.3 Å². The summed E-state index contributed by atoms with van der Waals surface area (Å²) in [5.41, 5.74) is 1.06. The summed E-state index contributed by atoms with van der Waals surface area (Å²) in [6.07, 6.45) is 0. The largest absolute Gasteiger partial charge is 0.321 e. The van der Waals surface area contributed by atoms with E-state index in [9.17, 15) is 18.4 Å². The molecule has 2 aromatic carbocycles. The molecule has 1 N–H and O–H groups in total. The molecule has 25 heavy (non-hydrogen) atoms. The highest BCUT2D eigenvalue weighted by Gasteiger charge is 2.19. The van der Waals surface area contributed by atoms with Crippen molar-refractivity contribution < 1.29 is 18.4 Å². The second-order valence-electron chi connectivity index (χ2n) is 5.06. The molecule has 8 heteroatoms. The Morgan fingerprint density at radius 2 is 1.76 bits per heavy atom. The fraction of sp³-hybridized carbons (Fsp3) is 0.118. The molecule has 0 aliphatic rings. The zero-order valence-electron chi connectivity index (χ0n) is 12.9. The Hall–Kier alpha value is -2.74. The van der Waals surface area contributed by atoms with Gasteiger partial charge < -0.3 is 0 Å². The van der Waals surface area contributed by atoms with E-state index in [0.717, 1.165) is 16.3 Å². The van der Waals surface area contributed by atoms with Gasteiger partial charge in [-0.3, -0.25) is 19.5 Å². The first-order chi connectivity index (χ1) is 12.1. The van der Waals surface area contributed by atoms with Gasteiger partial charge in [0.1, 0.15) is 0 Å². The third kappa shape index (κ3) is 3.85. The van der Waals surface area contributed by atoms with Crippen LogP contribution in [0.1, 0.15) is 16.9 Å². The van der Waals surface area contributed by atoms with Crippen LogP contribution in [0.4, 0.5) is 8.78 Å². The van der Waals surface area contributed by atoms with E-state index < -0.39 is 18.4 Å². The van der Waals surface area contributed by atoms with Crippen LogP contribution < -0.4 is 5.32 Å². The van der Waals surface area contributed by atoms with Crippen LogP contribution in [0.25, 0.3) is 11.0 Å². The SMILES string of the molecule is O=C(CSc1nc2ccccc2n1C(F)F)NC(=O)c1ccccc1. The van der Waals surface area contributed by atoms with Crippen molar-refractivity contribution in [2.45, 2.75) is 11.7 Å². The maximum Gasteiger partial charge on any atom is 0.321 e. The number of fused-ring (bicyclic) bond motifs is 1. The summed E-state index contributed by atoms with van der Waals surface area (Å²) in [4.78, 5) is 27.9. The number of amides is 2. The monoisotopic (exact) mass is 361 g/mol. The van der Waals surface area contributed by atoms with Crippen LogP contribution in [0.15, 0.2) is 59.8 Å². The molecule has 5 nitrogen and oxygen atoms in total. The van der Waals surface area contributed by atoms with Crippen LogP contribution in [0.2, 0.25) is 0 Å². The average molecular weight is 361 g/mol. The van der Waals surface area contributed by atoms with Crippen LogP contribution in [0.3, 0.4) is 0 Å². The number of hydrogen-bond acceptors (Lipinski definition) is 4. The van der Waals surface area contributed by atoms with Gasteiger partial charge in [0.2, 0.25) is 5.91 Å². The number of rotatable bonds is 5. The molecule has 0 spiro atoms. The lowest BCUT2D eigenvalue weighted by atomic mass is 10.2. The number of nitrogens with one attached hydrogen (secondary N) is 1. The van der Waals surface area contributed by atoms with Gasteiger partial charge in [-0.25, -0.2) is 4.98 Å². The lowest BCUT2D eigenvalue weighted by Crippen LogP contribution is -2.31. The molecule has 3 rings (SSSR count). The van der Waals surface area contributed by atoms with E-state index in [1.165, 1.54) is 6.07 Å². The highest BCUT2D eigenvalue weighted by atomic mass is 32.2. The summed E-state index contributed by atoms with van der Waals surface area (Å²) < 4.78 is 27.4. The van der Waals surface area contributed by atoms with Gasteiger partial charge in [0.15, 0.2) is 5.16 Å². The number of benzene rings is 2. The molecule has 0 fully saturated rings. The molecule has 0 saturated heterocycles. The van der Waals surface area contributed by atoms with Crippen molar-refractivity contribution in [3.05, 3.63) is 60.2 Å². The number of carbonyl (C=O) groups excluding carboxylic acids is 2. The first-order valence-corrected chi connectivity index (χ1v) is 8.32. The number of para-hydroxylation sites is 2. The second-order valence-corrected chi connectivity index (χ2v) is 6.01. The normalized spacial score (nSPS) is 11.0. The summed E-state index contributed by atoms with van der Waals surface area (Å²) in [6.45, 7) is -2.77. The Labute approximate surface area is 146 Å². The van der Waals surface area contributed by atoms with Crippen LogP contribution >= 0.6 is 11.8 Å². The van der Waals surface area contributed by atoms with Crippen molar-refractivity contribution in [1.82, 2.24) is 14.9 Å². The van der Waals surface area contributed by atoms with Crippen molar-refractivity contribution in [1.29, 1.82) is 0 Å². The molecule has 2 amide bonds. The van der Waals surface area contributed by atoms with Crippen molar-refractivity contribution in [3.63, 3.8) is 0 Å². The minimum Gasteiger partial charge on any atom is -0.292 e. The Morgan fingerprint density at radius 1 is 1.08 bits per heavy atom. The molecule has 0 unspecified atom stereocenters. The summed E-state index contributed by atoms with van der Waals surface area (Å²) in [6, 6.07) is 14.8. The van der Waals surface area contributed by atoms with Gasteiger partial charge in [-0.2, -0.15) is 8.78 Å². The highest BCUT2D eigenvalue weighted by molar-refractivity contribution is 7.99. The van der Waals surface area contributed by atoms with Gasteiger partial charge in [-0.15, -0.1) is 0 Å². The van der Waals surface area contributed by atoms with E-state index in [-0.39, 0.29) is 10.9 Å². The van der Waals surface area contributed by atoms with Crippen molar-refractivity contribution in [2.75, 3.05) is 5.75 Å². The van der Waals surface area contributed by atoms with E-state index in [4.69, 9.17) is 0 Å². The highest BCUT2D eigenvalue weighted by Crippen LogP contribution is 2.28. The number of hydrogen-bond donors (Lipinski definition) is 1. The van der Waals surface area contributed by atoms with Crippen molar-refractivity contribution >= 4 is 34.6 Å². The van der Waals surface area contributed by atoms with Crippen molar-refractivity contribution in [3.8, 4) is 0 Å². The molecule has 128 valence electrons. The summed E-state index contributed by atoms with van der Waals surface area (Å²) >= 11 is 0.854. The minimum absolute atomic E-state index is 0.0264. The molecule has 0 atom stereocenters. The van der Waals surface area contributed by atoms with E-state index >= 15 is 0 Å². The molecule has 0 aliphatic carbocycles. The summed E-state index contributed by atoms with van der Waals surface area (Å²) in [7, 11) is 0. The first-order valence-electron chi connectivity index (χ1n) is 7.33. The third-order valence-corrected chi connectivity index (χ3v) is 4.33. The lowest BCUT2D eigenvalue weighted by Gasteiger charge is -2.07. The van der Waals surface area contributed by atoms with Crippen LogP contribution in [-0.4, -0.2) is 27.1 Å². The number of nitrogens with zero attached hydrogens (tertiary/aromatic N) is 2. The van der Waals surface area contributed by atoms with E-state index in [2.05, 4.69) is 10.3 Å². The molecular weight excluding hydrogens is 348 g/mol. The van der Waals surface area contributed by atoms with E-state index in [0.29, 0.717) is 16.6 Å². The molecule has 0 aliphatic heterocycles. The van der Waals surface area contributed by atoms with Crippen LogP contribution in [0, 0.1) is 0 Å². The van der Waals surface area contributed by atoms with Gasteiger partial charge in [0.25, 0.3) is 5.91 Å². The number of carbonyl (C=O) groups is 2. The molecular formula is C17H13F2N3O2S. The number of aromatic nitrogens is 2. The first kappa shape index (κ1) is 17.1. The predicted molar refractivity (Wildman–Crippen MR) is 90.6 cm³/mol. The lowest BCUT2D eigenvalue weighted by molar-refractivity contribution is -0.117. The summed E-state index contributed by atoms with van der Waals surface area (Å²) in [5, 5.41) is 2.25. The Morgan fingerprint density at radius 3 is 2.48 bits per heavy atom. The Balaban J connectivity index is 1.69. The number of thioether (sulfide) groups is 1. The third-order valence-electron chi connectivity index (χ3n) is 3.38. The molecule has 1 heterocycles. The predicted octanol–water partition coefficient (Wildman–Crippen LogP) is 3.48. The maximum absolute atomic E-state index is 13.3. The van der Waals surface area contributed by atoms with E-state index in [1.54, 1.807) is 48.5 Å². The Kier molecular flexibility index (Phi) is 5.08. The maximum atomic E-state index is 13.3. The Bertz CT molecular complexity index is 913. The standard InChI is InChI=1S/C17H13F2N3O2S/c18-16(19)22-13-9-5-4-8-12(13)20-17(22)25-10-14(23)21-15(24)11-6-2-1-3-7-11/h1-9,16H,10H2,(H,21,23,24). The fourth-order valence-corrected chi connectivity index (χ4v) is 3.08. The number of halogens is 2. The number of imidazole rings is 1. The quantitative estimate of drug-likeness (QED) is 0.707. The number of imide groups is 1. The van der Waals surface area contributed by atoms with Gasteiger partial charge in [0.05, 0.1) is 16.8 Å². The molecule has 0 radical (unpaired) electrons. The molecule has 0 bridgehead atoms.